The number of urea groups is 1. The van der Waals surface area contributed by atoms with Crippen LogP contribution in [0, 0.1) is 0 Å². The maximum absolute atomic E-state index is 11.6. The fraction of sp³-hybridized carbons (Fsp3) is 0.429. The van der Waals surface area contributed by atoms with Gasteiger partial charge in [-0.2, -0.15) is 11.8 Å². The third-order valence-electron chi connectivity index (χ3n) is 2.77. The van der Waals surface area contributed by atoms with E-state index in [2.05, 4.69) is 16.9 Å². The number of amides is 2. The summed E-state index contributed by atoms with van der Waals surface area (Å²) in [4.78, 5) is 22.5. The van der Waals surface area contributed by atoms with Crippen molar-refractivity contribution < 1.29 is 14.7 Å². The normalized spacial score (nSPS) is 10.2. The molecule has 0 fully saturated rings. The molecule has 0 radical (unpaired) electrons. The smallest absolute Gasteiger partial charge is 0.337 e. The van der Waals surface area contributed by atoms with E-state index in [-0.39, 0.29) is 16.6 Å². The monoisotopic (exact) mass is 330 g/mol. The molecule has 7 heteroatoms. The Hall–Kier alpha value is -1.40. The average Bonchev–Trinajstić information content (AvgIpc) is 2.42. The van der Waals surface area contributed by atoms with Gasteiger partial charge in [0.05, 0.1) is 10.6 Å². The number of carboxylic acid groups (broad SMARTS) is 1. The molecule has 0 saturated carbocycles. The molecular formula is C14H19ClN2O3S. The minimum atomic E-state index is -1.10. The number of hydrogen-bond donors (Lipinski definition) is 3. The Bertz CT molecular complexity index is 497. The van der Waals surface area contributed by atoms with Gasteiger partial charge in [-0.05, 0) is 43.0 Å². The van der Waals surface area contributed by atoms with Crippen molar-refractivity contribution in [2.45, 2.75) is 19.3 Å². The zero-order chi connectivity index (χ0) is 15.7. The van der Waals surface area contributed by atoms with Gasteiger partial charge in [0.15, 0.2) is 0 Å². The van der Waals surface area contributed by atoms with Crippen LogP contribution in [0.25, 0.3) is 0 Å². The summed E-state index contributed by atoms with van der Waals surface area (Å²) in [6.45, 7) is 0.612. The van der Waals surface area contributed by atoms with Gasteiger partial charge in [0.2, 0.25) is 0 Å². The molecule has 1 aromatic carbocycles. The van der Waals surface area contributed by atoms with Crippen molar-refractivity contribution >= 4 is 41.1 Å². The van der Waals surface area contributed by atoms with Gasteiger partial charge >= 0.3 is 12.0 Å². The zero-order valence-electron chi connectivity index (χ0n) is 11.8. The summed E-state index contributed by atoms with van der Waals surface area (Å²) in [7, 11) is 0. The van der Waals surface area contributed by atoms with Gasteiger partial charge in [-0.3, -0.25) is 0 Å². The molecule has 0 saturated heterocycles. The van der Waals surface area contributed by atoms with E-state index in [9.17, 15) is 9.59 Å². The highest BCUT2D eigenvalue weighted by Crippen LogP contribution is 2.20. The highest BCUT2D eigenvalue weighted by Gasteiger charge is 2.09. The van der Waals surface area contributed by atoms with Crippen LogP contribution >= 0.6 is 23.4 Å². The number of unbranched alkanes of at least 4 members (excludes halogenated alkanes) is 2. The molecule has 0 spiro atoms. The standard InChI is InChI=1S/C14H19ClN2O3S/c1-21-8-4-2-3-7-16-14(20)17-10-5-6-11(13(18)19)12(15)9-10/h5-6,9H,2-4,7-8H2,1H3,(H,18,19)(H2,16,17,20). The van der Waals surface area contributed by atoms with Crippen LogP contribution in [0.2, 0.25) is 5.02 Å². The molecule has 3 N–H and O–H groups in total. The molecule has 0 bridgehead atoms. The first-order valence-electron chi connectivity index (χ1n) is 6.61. The fourth-order valence-electron chi connectivity index (χ4n) is 1.69. The summed E-state index contributed by atoms with van der Waals surface area (Å²) < 4.78 is 0. The molecule has 116 valence electrons. The number of carbonyl (C=O) groups is 2. The first-order valence-corrected chi connectivity index (χ1v) is 8.38. The lowest BCUT2D eigenvalue weighted by molar-refractivity contribution is 0.0697. The van der Waals surface area contributed by atoms with Crippen LogP contribution in [-0.2, 0) is 0 Å². The highest BCUT2D eigenvalue weighted by atomic mass is 35.5. The number of hydrogen-bond acceptors (Lipinski definition) is 3. The second-order valence-corrected chi connectivity index (χ2v) is 5.83. The van der Waals surface area contributed by atoms with Crippen molar-refractivity contribution in [3.63, 3.8) is 0 Å². The van der Waals surface area contributed by atoms with E-state index in [0.29, 0.717) is 12.2 Å². The Morgan fingerprint density at radius 2 is 2.05 bits per heavy atom. The minimum Gasteiger partial charge on any atom is -0.478 e. The van der Waals surface area contributed by atoms with Crippen LogP contribution in [0.3, 0.4) is 0 Å². The molecule has 0 aliphatic rings. The first-order chi connectivity index (χ1) is 10.0. The van der Waals surface area contributed by atoms with Crippen LogP contribution in [0.4, 0.5) is 10.5 Å². The Kier molecular flexibility index (Phi) is 8.00. The summed E-state index contributed by atoms with van der Waals surface area (Å²) in [5.41, 5.74) is 0.473. The lowest BCUT2D eigenvalue weighted by Crippen LogP contribution is -2.29. The average molecular weight is 331 g/mol. The quantitative estimate of drug-likeness (QED) is 0.635. The Balaban J connectivity index is 2.34. The van der Waals surface area contributed by atoms with Gasteiger partial charge in [-0.15, -0.1) is 0 Å². The summed E-state index contributed by atoms with van der Waals surface area (Å²) in [6.07, 6.45) is 5.25. The van der Waals surface area contributed by atoms with E-state index in [1.165, 1.54) is 18.2 Å². The molecule has 0 aliphatic heterocycles. The Morgan fingerprint density at radius 3 is 2.67 bits per heavy atom. The number of anilines is 1. The molecule has 21 heavy (non-hydrogen) atoms. The minimum absolute atomic E-state index is 0.0106. The molecule has 0 aromatic heterocycles. The number of thioether (sulfide) groups is 1. The van der Waals surface area contributed by atoms with Gasteiger partial charge in [0.1, 0.15) is 0 Å². The molecule has 0 heterocycles. The van der Waals surface area contributed by atoms with E-state index in [4.69, 9.17) is 16.7 Å². The predicted octanol–water partition coefficient (Wildman–Crippen LogP) is 3.69. The van der Waals surface area contributed by atoms with E-state index in [0.717, 1.165) is 25.0 Å². The van der Waals surface area contributed by atoms with Gasteiger partial charge in [-0.1, -0.05) is 18.0 Å². The van der Waals surface area contributed by atoms with Gasteiger partial charge in [0.25, 0.3) is 0 Å². The number of aromatic carboxylic acids is 1. The van der Waals surface area contributed by atoms with Gasteiger partial charge < -0.3 is 15.7 Å². The van der Waals surface area contributed by atoms with Crippen molar-refractivity contribution in [2.24, 2.45) is 0 Å². The van der Waals surface area contributed by atoms with E-state index in [1.807, 2.05) is 11.8 Å². The van der Waals surface area contributed by atoms with Crippen molar-refractivity contribution in [3.05, 3.63) is 28.8 Å². The van der Waals surface area contributed by atoms with E-state index in [1.54, 1.807) is 0 Å². The zero-order valence-corrected chi connectivity index (χ0v) is 13.4. The third-order valence-corrected chi connectivity index (χ3v) is 3.78. The fourth-order valence-corrected chi connectivity index (χ4v) is 2.45. The van der Waals surface area contributed by atoms with Gasteiger partial charge in [0, 0.05) is 12.2 Å². The lowest BCUT2D eigenvalue weighted by Gasteiger charge is -2.08. The van der Waals surface area contributed by atoms with Crippen molar-refractivity contribution in [1.82, 2.24) is 5.32 Å². The SMILES string of the molecule is CSCCCCCNC(=O)Nc1ccc(C(=O)O)c(Cl)c1. The molecule has 2 amide bonds. The molecule has 0 atom stereocenters. The molecule has 0 unspecified atom stereocenters. The summed E-state index contributed by atoms with van der Waals surface area (Å²) in [5, 5.41) is 14.3. The third kappa shape index (κ3) is 6.73. The van der Waals surface area contributed by atoms with E-state index >= 15 is 0 Å². The lowest BCUT2D eigenvalue weighted by atomic mass is 10.2. The van der Waals surface area contributed by atoms with Crippen molar-refractivity contribution in [1.29, 1.82) is 0 Å². The summed E-state index contributed by atoms with van der Waals surface area (Å²) in [6, 6.07) is 3.97. The van der Waals surface area contributed by atoms with Crippen molar-refractivity contribution in [2.75, 3.05) is 23.9 Å². The highest BCUT2D eigenvalue weighted by molar-refractivity contribution is 7.98. The maximum atomic E-state index is 11.6. The largest absolute Gasteiger partial charge is 0.478 e. The van der Waals surface area contributed by atoms with Crippen LogP contribution < -0.4 is 10.6 Å². The van der Waals surface area contributed by atoms with Crippen LogP contribution in [0.5, 0.6) is 0 Å². The summed E-state index contributed by atoms with van der Waals surface area (Å²) in [5.74, 6) is 0.0434. The van der Waals surface area contributed by atoms with Crippen LogP contribution in [0.15, 0.2) is 18.2 Å². The number of carboxylic acids is 1. The Morgan fingerprint density at radius 1 is 1.29 bits per heavy atom. The number of rotatable bonds is 8. The van der Waals surface area contributed by atoms with E-state index < -0.39 is 5.97 Å². The van der Waals surface area contributed by atoms with Crippen LogP contribution in [-0.4, -0.2) is 35.7 Å². The predicted molar refractivity (Wildman–Crippen MR) is 87.7 cm³/mol. The second-order valence-electron chi connectivity index (χ2n) is 4.43. The number of nitrogens with one attached hydrogen (secondary N) is 2. The number of carbonyl (C=O) groups excluding carboxylic acids is 1. The first kappa shape index (κ1) is 17.7. The maximum Gasteiger partial charge on any atom is 0.337 e. The Labute approximate surface area is 133 Å². The second kappa shape index (κ2) is 9.52. The topological polar surface area (TPSA) is 78.4 Å². The summed E-state index contributed by atoms with van der Waals surface area (Å²) >= 11 is 7.65. The van der Waals surface area contributed by atoms with Crippen molar-refractivity contribution in [3.8, 4) is 0 Å². The molecule has 1 aromatic rings. The molecule has 5 nitrogen and oxygen atoms in total. The molecular weight excluding hydrogens is 312 g/mol. The number of benzene rings is 1. The van der Waals surface area contributed by atoms with Gasteiger partial charge in [-0.25, -0.2) is 9.59 Å². The van der Waals surface area contributed by atoms with Crippen LogP contribution in [0.1, 0.15) is 29.6 Å². The molecule has 0 aliphatic carbocycles. The number of halogens is 1. The molecule has 1 rings (SSSR count).